The number of benzene rings is 2. The van der Waals surface area contributed by atoms with Crippen molar-refractivity contribution in [2.75, 3.05) is 0 Å². The molecule has 4 heteroatoms. The molecule has 0 saturated heterocycles. The molecule has 1 atom stereocenters. The summed E-state index contributed by atoms with van der Waals surface area (Å²) >= 11 is 9.70. The highest BCUT2D eigenvalue weighted by atomic mass is 35.5. The zero-order chi connectivity index (χ0) is 15.2. The fraction of sp³-hybridized carbons (Fsp3) is 0.176. The van der Waals surface area contributed by atoms with E-state index in [1.54, 1.807) is 0 Å². The molecule has 2 nitrogen and oxygen atoms in total. The average Bonchev–Trinajstić information content (AvgIpc) is 2.86. The Morgan fingerprint density at radius 3 is 2.43 bits per heavy atom. The predicted octanol–water partition coefficient (Wildman–Crippen LogP) is 4.69. The minimum atomic E-state index is 0.221. The standard InChI is InChI=1S/C11H14N2.C6H5ClS/c1-8(12)6-9-7-13-11-5-3-2-4-10(9)11;7-5-3-1-2-4-6(5)8/h2-5,7-8,13H,6,12H2,1H3;1-4,8H. The van der Waals surface area contributed by atoms with Crippen LogP contribution in [0.3, 0.4) is 0 Å². The number of para-hydroxylation sites is 1. The summed E-state index contributed by atoms with van der Waals surface area (Å²) in [4.78, 5) is 4.07. The third-order valence-electron chi connectivity index (χ3n) is 3.07. The van der Waals surface area contributed by atoms with E-state index in [-0.39, 0.29) is 6.04 Å². The van der Waals surface area contributed by atoms with Crippen molar-refractivity contribution in [1.82, 2.24) is 4.98 Å². The predicted molar refractivity (Wildman–Crippen MR) is 94.4 cm³/mol. The van der Waals surface area contributed by atoms with Crippen LogP contribution in [0.5, 0.6) is 0 Å². The van der Waals surface area contributed by atoms with Crippen molar-refractivity contribution in [3.05, 3.63) is 65.3 Å². The number of nitrogens with two attached hydrogens (primary N) is 1. The van der Waals surface area contributed by atoms with Crippen molar-refractivity contribution in [1.29, 1.82) is 0 Å². The van der Waals surface area contributed by atoms with Crippen LogP contribution in [0.1, 0.15) is 12.5 Å². The fourth-order valence-electron chi connectivity index (χ4n) is 2.10. The second-order valence-corrected chi connectivity index (χ2v) is 5.88. The third kappa shape index (κ3) is 4.53. The Morgan fingerprint density at radius 2 is 1.81 bits per heavy atom. The SMILES string of the molecule is CC(N)Cc1c[nH]c2ccccc12.Sc1ccccc1Cl. The summed E-state index contributed by atoms with van der Waals surface area (Å²) in [6.45, 7) is 2.03. The smallest absolute Gasteiger partial charge is 0.0539 e. The summed E-state index contributed by atoms with van der Waals surface area (Å²) in [5, 5.41) is 2.00. The van der Waals surface area contributed by atoms with Crippen LogP contribution in [0, 0.1) is 0 Å². The summed E-state index contributed by atoms with van der Waals surface area (Å²) in [7, 11) is 0. The number of nitrogens with one attached hydrogen (secondary N) is 1. The Morgan fingerprint density at radius 1 is 1.14 bits per heavy atom. The van der Waals surface area contributed by atoms with Crippen LogP contribution in [0.2, 0.25) is 5.02 Å². The van der Waals surface area contributed by atoms with Crippen molar-refractivity contribution in [2.45, 2.75) is 24.3 Å². The van der Waals surface area contributed by atoms with Crippen molar-refractivity contribution in [3.8, 4) is 0 Å². The quantitative estimate of drug-likeness (QED) is 0.590. The van der Waals surface area contributed by atoms with E-state index in [0.717, 1.165) is 11.3 Å². The van der Waals surface area contributed by atoms with Crippen LogP contribution in [0.25, 0.3) is 10.9 Å². The molecule has 0 spiro atoms. The first-order valence-corrected chi connectivity index (χ1v) is 7.64. The van der Waals surface area contributed by atoms with Gasteiger partial charge in [-0.05, 0) is 37.1 Å². The van der Waals surface area contributed by atoms with Crippen LogP contribution in [-0.2, 0) is 6.42 Å². The van der Waals surface area contributed by atoms with Gasteiger partial charge in [-0.2, -0.15) is 0 Å². The van der Waals surface area contributed by atoms with Gasteiger partial charge in [-0.15, -0.1) is 12.6 Å². The molecule has 21 heavy (non-hydrogen) atoms. The molecule has 3 rings (SSSR count). The second-order valence-electron chi connectivity index (χ2n) is 4.99. The lowest BCUT2D eigenvalue weighted by Gasteiger charge is -2.02. The molecule has 0 radical (unpaired) electrons. The lowest BCUT2D eigenvalue weighted by Crippen LogP contribution is -2.17. The minimum absolute atomic E-state index is 0.221. The second kappa shape index (κ2) is 7.55. The monoisotopic (exact) mass is 318 g/mol. The zero-order valence-corrected chi connectivity index (χ0v) is 13.5. The van der Waals surface area contributed by atoms with E-state index in [1.165, 1.54) is 16.5 Å². The summed E-state index contributed by atoms with van der Waals surface area (Å²) in [6, 6.07) is 16.0. The van der Waals surface area contributed by atoms with Gasteiger partial charge in [-0.25, -0.2) is 0 Å². The van der Waals surface area contributed by atoms with E-state index < -0.39 is 0 Å². The van der Waals surface area contributed by atoms with E-state index in [9.17, 15) is 0 Å². The summed E-state index contributed by atoms with van der Waals surface area (Å²) in [6.07, 6.45) is 2.98. The number of thiol groups is 1. The molecule has 3 N–H and O–H groups in total. The number of H-pyrrole nitrogens is 1. The molecule has 1 heterocycles. The van der Waals surface area contributed by atoms with Gasteiger partial charge in [-0.3, -0.25) is 0 Å². The molecule has 0 aliphatic carbocycles. The van der Waals surface area contributed by atoms with Crippen LogP contribution >= 0.6 is 24.2 Å². The number of hydrogen-bond donors (Lipinski definition) is 3. The van der Waals surface area contributed by atoms with Crippen LogP contribution in [-0.4, -0.2) is 11.0 Å². The first-order chi connectivity index (χ1) is 10.1. The van der Waals surface area contributed by atoms with Crippen molar-refractivity contribution in [3.63, 3.8) is 0 Å². The molecule has 0 aliphatic heterocycles. The van der Waals surface area contributed by atoms with Crippen LogP contribution < -0.4 is 5.73 Å². The van der Waals surface area contributed by atoms with Crippen LogP contribution in [0.15, 0.2) is 59.6 Å². The number of rotatable bonds is 2. The Bertz CT molecular complexity index is 686. The summed E-state index contributed by atoms with van der Waals surface area (Å²) in [5.41, 5.74) is 8.26. The van der Waals surface area contributed by atoms with E-state index in [0.29, 0.717) is 5.02 Å². The van der Waals surface area contributed by atoms with Gasteiger partial charge in [0, 0.05) is 28.0 Å². The van der Waals surface area contributed by atoms with Gasteiger partial charge in [0.15, 0.2) is 0 Å². The summed E-state index contributed by atoms with van der Waals surface area (Å²) in [5.74, 6) is 0. The maximum absolute atomic E-state index is 5.76. The molecule has 1 unspecified atom stereocenters. The highest BCUT2D eigenvalue weighted by molar-refractivity contribution is 7.80. The highest BCUT2D eigenvalue weighted by Crippen LogP contribution is 2.18. The topological polar surface area (TPSA) is 41.8 Å². The lowest BCUT2D eigenvalue weighted by molar-refractivity contribution is 0.741. The maximum Gasteiger partial charge on any atom is 0.0539 e. The molecule has 3 aromatic rings. The average molecular weight is 319 g/mol. The van der Waals surface area contributed by atoms with E-state index >= 15 is 0 Å². The molecule has 0 aliphatic rings. The first-order valence-electron chi connectivity index (χ1n) is 6.82. The number of hydrogen-bond acceptors (Lipinski definition) is 2. The van der Waals surface area contributed by atoms with Crippen molar-refractivity contribution >= 4 is 35.1 Å². The van der Waals surface area contributed by atoms with Gasteiger partial charge in [0.05, 0.1) is 5.02 Å². The Hall–Kier alpha value is -1.42. The Labute approximate surface area is 135 Å². The van der Waals surface area contributed by atoms with Gasteiger partial charge in [-0.1, -0.05) is 41.9 Å². The normalized spacial score (nSPS) is 11.8. The maximum atomic E-state index is 5.76. The van der Waals surface area contributed by atoms with Gasteiger partial charge in [0.1, 0.15) is 0 Å². The molecule has 1 aromatic heterocycles. The minimum Gasteiger partial charge on any atom is -0.361 e. The third-order valence-corrected chi connectivity index (χ3v) is 3.92. The first kappa shape index (κ1) is 16.0. The molecule has 0 amide bonds. The number of aromatic nitrogens is 1. The van der Waals surface area contributed by atoms with Gasteiger partial charge in [0.25, 0.3) is 0 Å². The van der Waals surface area contributed by atoms with Gasteiger partial charge >= 0.3 is 0 Å². The molecule has 0 bridgehead atoms. The van der Waals surface area contributed by atoms with E-state index in [2.05, 4.69) is 35.8 Å². The molecule has 110 valence electrons. The zero-order valence-electron chi connectivity index (χ0n) is 11.9. The molecule has 2 aromatic carbocycles. The van der Waals surface area contributed by atoms with Crippen molar-refractivity contribution < 1.29 is 0 Å². The number of fused-ring (bicyclic) bond motifs is 1. The van der Waals surface area contributed by atoms with Gasteiger partial charge in [0.2, 0.25) is 0 Å². The Kier molecular flexibility index (Phi) is 5.74. The van der Waals surface area contributed by atoms with Gasteiger partial charge < -0.3 is 10.7 Å². The Balaban J connectivity index is 0.000000173. The number of halogens is 1. The van der Waals surface area contributed by atoms with Crippen molar-refractivity contribution in [2.24, 2.45) is 5.73 Å². The fourth-order valence-corrected chi connectivity index (χ4v) is 2.40. The molecular formula is C17H19ClN2S. The van der Waals surface area contributed by atoms with E-state index in [4.69, 9.17) is 17.3 Å². The summed E-state index contributed by atoms with van der Waals surface area (Å²) < 4.78 is 0. The van der Waals surface area contributed by atoms with E-state index in [1.807, 2.05) is 43.5 Å². The largest absolute Gasteiger partial charge is 0.361 e. The molecule has 0 saturated carbocycles. The molecule has 0 fully saturated rings. The lowest BCUT2D eigenvalue weighted by atomic mass is 10.1. The van der Waals surface area contributed by atoms with Crippen LogP contribution in [0.4, 0.5) is 0 Å². The number of aromatic amines is 1. The molecular weight excluding hydrogens is 300 g/mol. The highest BCUT2D eigenvalue weighted by Gasteiger charge is 2.04.